The Labute approximate surface area is 142 Å². The molecule has 0 fully saturated rings. The average Bonchev–Trinajstić information content (AvgIpc) is 2.94. The number of carbonyl (C=O) groups excluding carboxylic acids is 2. The summed E-state index contributed by atoms with van der Waals surface area (Å²) in [6.07, 6.45) is 2.36. The molecule has 5 heteroatoms. The number of rotatable bonds is 7. The van der Waals surface area contributed by atoms with Gasteiger partial charge in [-0.2, -0.15) is 0 Å². The van der Waals surface area contributed by atoms with Gasteiger partial charge in [0.15, 0.2) is 0 Å². The van der Waals surface area contributed by atoms with E-state index in [4.69, 9.17) is 0 Å². The van der Waals surface area contributed by atoms with Crippen LogP contribution in [0.4, 0.5) is 0 Å². The third-order valence-electron chi connectivity index (χ3n) is 3.93. The van der Waals surface area contributed by atoms with Gasteiger partial charge in [0.25, 0.3) is 0 Å². The maximum atomic E-state index is 12.9. The van der Waals surface area contributed by atoms with Crippen molar-refractivity contribution < 1.29 is 9.59 Å². The molecule has 0 saturated heterocycles. The summed E-state index contributed by atoms with van der Waals surface area (Å²) in [5.74, 6) is -0.291. The van der Waals surface area contributed by atoms with E-state index in [0.717, 1.165) is 22.0 Å². The van der Waals surface area contributed by atoms with Crippen LogP contribution in [0.1, 0.15) is 26.3 Å². The number of nitrogens with zero attached hydrogens (tertiary/aromatic N) is 1. The van der Waals surface area contributed by atoms with Crippen molar-refractivity contribution in [2.45, 2.75) is 33.2 Å². The van der Waals surface area contributed by atoms with E-state index in [1.54, 1.807) is 4.90 Å². The van der Waals surface area contributed by atoms with Gasteiger partial charge >= 0.3 is 0 Å². The zero-order valence-electron chi connectivity index (χ0n) is 14.6. The van der Waals surface area contributed by atoms with E-state index in [1.165, 1.54) is 6.92 Å². The van der Waals surface area contributed by atoms with Crippen LogP contribution in [0.3, 0.4) is 0 Å². The van der Waals surface area contributed by atoms with Gasteiger partial charge in [0.1, 0.15) is 6.04 Å². The summed E-state index contributed by atoms with van der Waals surface area (Å²) < 4.78 is 0. The van der Waals surface area contributed by atoms with Gasteiger partial charge in [0.05, 0.1) is 0 Å². The van der Waals surface area contributed by atoms with Gasteiger partial charge in [-0.1, -0.05) is 30.4 Å². The lowest BCUT2D eigenvalue weighted by Gasteiger charge is -2.27. The van der Waals surface area contributed by atoms with Crippen molar-refractivity contribution in [2.75, 3.05) is 13.1 Å². The van der Waals surface area contributed by atoms with E-state index >= 15 is 0 Å². The van der Waals surface area contributed by atoms with E-state index in [-0.39, 0.29) is 11.8 Å². The Balaban J connectivity index is 2.26. The lowest BCUT2D eigenvalue weighted by atomic mass is 10.0. The summed E-state index contributed by atoms with van der Waals surface area (Å²) >= 11 is 0. The van der Waals surface area contributed by atoms with Crippen LogP contribution in [0.25, 0.3) is 10.9 Å². The zero-order valence-corrected chi connectivity index (χ0v) is 14.6. The first kappa shape index (κ1) is 17.8. The number of benzene rings is 1. The van der Waals surface area contributed by atoms with Crippen LogP contribution in [-0.4, -0.2) is 40.8 Å². The molecule has 2 amide bonds. The van der Waals surface area contributed by atoms with Crippen molar-refractivity contribution in [3.05, 3.63) is 48.2 Å². The molecule has 1 atom stereocenters. The van der Waals surface area contributed by atoms with Gasteiger partial charge in [-0.25, -0.2) is 0 Å². The zero-order chi connectivity index (χ0) is 17.7. The first-order valence-electron chi connectivity index (χ1n) is 8.17. The van der Waals surface area contributed by atoms with Crippen LogP contribution < -0.4 is 5.32 Å². The number of amides is 2. The van der Waals surface area contributed by atoms with Crippen molar-refractivity contribution in [1.82, 2.24) is 15.2 Å². The van der Waals surface area contributed by atoms with E-state index < -0.39 is 6.04 Å². The number of para-hydroxylation sites is 1. The van der Waals surface area contributed by atoms with Crippen LogP contribution in [0, 0.1) is 0 Å². The number of likely N-dealkylation sites (N-methyl/N-ethyl adjacent to an activating group) is 1. The van der Waals surface area contributed by atoms with Crippen LogP contribution in [0.5, 0.6) is 0 Å². The van der Waals surface area contributed by atoms with Crippen LogP contribution in [0.15, 0.2) is 42.6 Å². The van der Waals surface area contributed by atoms with Crippen LogP contribution >= 0.6 is 0 Å². The highest BCUT2D eigenvalue weighted by atomic mass is 16.2. The number of carbonyl (C=O) groups is 2. The normalized spacial score (nSPS) is 12.0. The molecule has 0 spiro atoms. The van der Waals surface area contributed by atoms with Crippen LogP contribution in [0.2, 0.25) is 0 Å². The van der Waals surface area contributed by atoms with E-state index in [0.29, 0.717) is 19.5 Å². The fourth-order valence-electron chi connectivity index (χ4n) is 2.86. The number of fused-ring (bicyclic) bond motifs is 1. The molecule has 1 heterocycles. The quantitative estimate of drug-likeness (QED) is 0.768. The summed E-state index contributed by atoms with van der Waals surface area (Å²) in [5.41, 5.74) is 2.96. The fraction of sp³-hybridized carbons (Fsp3) is 0.368. The molecule has 0 radical (unpaired) electrons. The Bertz CT molecular complexity index is 748. The second-order valence-electron chi connectivity index (χ2n) is 6.13. The topological polar surface area (TPSA) is 65.2 Å². The van der Waals surface area contributed by atoms with Gasteiger partial charge in [-0.05, 0) is 25.5 Å². The van der Waals surface area contributed by atoms with E-state index in [2.05, 4.69) is 16.9 Å². The molecule has 0 aliphatic carbocycles. The molecule has 24 heavy (non-hydrogen) atoms. The number of hydrogen-bond acceptors (Lipinski definition) is 2. The van der Waals surface area contributed by atoms with Crippen LogP contribution in [-0.2, 0) is 16.0 Å². The van der Waals surface area contributed by atoms with E-state index in [9.17, 15) is 9.59 Å². The maximum absolute atomic E-state index is 12.9. The molecule has 2 rings (SSSR count). The van der Waals surface area contributed by atoms with Gasteiger partial charge in [-0.15, -0.1) is 0 Å². The predicted molar refractivity (Wildman–Crippen MR) is 96.7 cm³/mol. The second-order valence-corrected chi connectivity index (χ2v) is 6.13. The summed E-state index contributed by atoms with van der Waals surface area (Å²) in [4.78, 5) is 29.4. The number of hydrogen-bond donors (Lipinski definition) is 2. The number of nitrogens with one attached hydrogen (secondary N) is 2. The fourth-order valence-corrected chi connectivity index (χ4v) is 2.86. The van der Waals surface area contributed by atoms with Gasteiger partial charge < -0.3 is 15.2 Å². The minimum atomic E-state index is -0.582. The largest absolute Gasteiger partial charge is 0.361 e. The average molecular weight is 327 g/mol. The monoisotopic (exact) mass is 327 g/mol. The Kier molecular flexibility index (Phi) is 5.79. The lowest BCUT2D eigenvalue weighted by Crippen LogP contribution is -2.49. The molecule has 0 aliphatic heterocycles. The SMILES string of the molecule is C=C(C)CN(CC)C(=O)C(Cc1c[nH]c2ccccc12)NC(C)=O. The molecule has 2 N–H and O–H groups in total. The molecule has 0 bridgehead atoms. The molecule has 0 saturated carbocycles. The maximum Gasteiger partial charge on any atom is 0.245 e. The van der Waals surface area contributed by atoms with Gasteiger partial charge in [0.2, 0.25) is 11.8 Å². The summed E-state index contributed by atoms with van der Waals surface area (Å²) in [7, 11) is 0. The molecular weight excluding hydrogens is 302 g/mol. The Morgan fingerprint density at radius 2 is 2.00 bits per heavy atom. The van der Waals surface area contributed by atoms with Crippen molar-refractivity contribution in [3.63, 3.8) is 0 Å². The van der Waals surface area contributed by atoms with Gasteiger partial charge in [-0.3, -0.25) is 9.59 Å². The summed E-state index contributed by atoms with van der Waals surface area (Å²) in [5, 5.41) is 3.87. The minimum Gasteiger partial charge on any atom is -0.361 e. The first-order valence-corrected chi connectivity index (χ1v) is 8.17. The van der Waals surface area contributed by atoms with Crippen molar-refractivity contribution in [1.29, 1.82) is 0 Å². The third kappa shape index (κ3) is 4.25. The molecule has 1 unspecified atom stereocenters. The third-order valence-corrected chi connectivity index (χ3v) is 3.93. The predicted octanol–water partition coefficient (Wildman–Crippen LogP) is 2.64. The van der Waals surface area contributed by atoms with Gasteiger partial charge in [0, 0.05) is 43.5 Å². The number of aromatic nitrogens is 1. The lowest BCUT2D eigenvalue weighted by molar-refractivity contribution is -0.135. The van der Waals surface area contributed by atoms with Crippen molar-refractivity contribution in [2.24, 2.45) is 0 Å². The standard InChI is InChI=1S/C19H25N3O2/c1-5-22(12-13(2)3)19(24)18(21-14(4)23)10-15-11-20-17-9-7-6-8-16(15)17/h6-9,11,18,20H,2,5,10,12H2,1,3-4H3,(H,21,23). The van der Waals surface area contributed by atoms with E-state index in [1.807, 2.05) is 44.3 Å². The summed E-state index contributed by atoms with van der Waals surface area (Å²) in [6.45, 7) is 10.2. The highest BCUT2D eigenvalue weighted by Gasteiger charge is 2.25. The molecular formula is C19H25N3O2. The second kappa shape index (κ2) is 7.81. The Morgan fingerprint density at radius 1 is 1.29 bits per heavy atom. The molecule has 1 aromatic heterocycles. The molecule has 0 aliphatic rings. The Morgan fingerprint density at radius 3 is 2.62 bits per heavy atom. The minimum absolute atomic E-state index is 0.0824. The first-order chi connectivity index (χ1) is 11.4. The number of aromatic amines is 1. The molecule has 5 nitrogen and oxygen atoms in total. The summed E-state index contributed by atoms with van der Waals surface area (Å²) in [6, 6.07) is 7.36. The smallest absolute Gasteiger partial charge is 0.245 e. The molecule has 1 aromatic carbocycles. The molecule has 2 aromatic rings. The van der Waals surface area contributed by atoms with Crippen molar-refractivity contribution >= 4 is 22.7 Å². The Hall–Kier alpha value is -2.56. The van der Waals surface area contributed by atoms with Crippen molar-refractivity contribution in [3.8, 4) is 0 Å². The molecule has 128 valence electrons. The number of H-pyrrole nitrogens is 1. The highest BCUT2D eigenvalue weighted by molar-refractivity contribution is 5.89. The highest BCUT2D eigenvalue weighted by Crippen LogP contribution is 2.19.